The number of hydrogen-bond acceptors (Lipinski definition) is 6. The van der Waals surface area contributed by atoms with Gasteiger partial charge in [-0.05, 0) is 31.0 Å². The van der Waals surface area contributed by atoms with Crippen LogP contribution in [0.25, 0.3) is 0 Å². The lowest BCUT2D eigenvalue weighted by Crippen LogP contribution is -2.21. The number of rotatable bonds is 8. The molecule has 0 aliphatic carbocycles. The molecule has 2 aromatic carbocycles. The molecular weight excluding hydrogens is 368 g/mol. The van der Waals surface area contributed by atoms with Gasteiger partial charge in [-0.3, -0.25) is 19.7 Å². The normalized spacial score (nSPS) is 11.5. The van der Waals surface area contributed by atoms with Gasteiger partial charge in [-0.25, -0.2) is 0 Å². The maximum atomic E-state index is 12.8. The van der Waals surface area contributed by atoms with Gasteiger partial charge >= 0.3 is 5.97 Å². The van der Waals surface area contributed by atoms with Gasteiger partial charge in [-0.1, -0.05) is 36.4 Å². The number of carbonyl (C=O) groups excluding carboxylic acids is 2. The highest BCUT2D eigenvalue weighted by atomic mass is 32.2. The van der Waals surface area contributed by atoms with E-state index in [0.29, 0.717) is 5.56 Å². The molecule has 1 N–H and O–H groups in total. The Bertz CT molecular complexity index is 826. The largest absolute Gasteiger partial charge is 0.465 e. The highest BCUT2D eigenvalue weighted by molar-refractivity contribution is 8.00. The molecule has 2 rings (SSSR count). The van der Waals surface area contributed by atoms with Gasteiger partial charge in [-0.15, -0.1) is 11.8 Å². The summed E-state index contributed by atoms with van der Waals surface area (Å²) in [4.78, 5) is 35.2. The number of benzene rings is 2. The van der Waals surface area contributed by atoms with Crippen LogP contribution in [-0.2, 0) is 14.3 Å². The maximum absolute atomic E-state index is 12.8. The van der Waals surface area contributed by atoms with E-state index < -0.39 is 22.0 Å². The van der Waals surface area contributed by atoms with E-state index in [1.165, 1.54) is 12.1 Å². The first-order chi connectivity index (χ1) is 12.9. The Balaban J connectivity index is 2.24. The van der Waals surface area contributed by atoms with Crippen LogP contribution in [0.1, 0.15) is 23.3 Å². The summed E-state index contributed by atoms with van der Waals surface area (Å²) in [7, 11) is 0. The second kappa shape index (κ2) is 9.72. The molecule has 1 unspecified atom stereocenters. The summed E-state index contributed by atoms with van der Waals surface area (Å²) in [6.07, 6.45) is 0. The van der Waals surface area contributed by atoms with Crippen LogP contribution in [0.2, 0.25) is 0 Å². The van der Waals surface area contributed by atoms with Crippen LogP contribution in [0, 0.1) is 17.0 Å². The third-order valence-corrected chi connectivity index (χ3v) is 4.84. The van der Waals surface area contributed by atoms with E-state index >= 15 is 0 Å². The molecule has 0 fully saturated rings. The van der Waals surface area contributed by atoms with Crippen LogP contribution in [0.5, 0.6) is 0 Å². The monoisotopic (exact) mass is 388 g/mol. The van der Waals surface area contributed by atoms with Crippen LogP contribution in [-0.4, -0.2) is 29.2 Å². The number of thioether (sulfide) groups is 1. The zero-order chi connectivity index (χ0) is 19.8. The number of hydrogen-bond donors (Lipinski definition) is 1. The Hall–Kier alpha value is -2.87. The van der Waals surface area contributed by atoms with Crippen molar-refractivity contribution in [1.29, 1.82) is 0 Å². The predicted octanol–water partition coefficient (Wildman–Crippen LogP) is 3.88. The van der Waals surface area contributed by atoms with Crippen LogP contribution < -0.4 is 5.32 Å². The fourth-order valence-electron chi connectivity index (χ4n) is 2.40. The lowest BCUT2D eigenvalue weighted by molar-refractivity contribution is -0.384. The third-order valence-electron chi connectivity index (χ3n) is 3.62. The van der Waals surface area contributed by atoms with E-state index in [0.717, 1.165) is 17.3 Å². The molecule has 27 heavy (non-hydrogen) atoms. The number of nitrogens with one attached hydrogen (secondary N) is 1. The number of carbonyl (C=O) groups is 2. The number of nitro groups is 1. The Morgan fingerprint density at radius 3 is 2.56 bits per heavy atom. The quantitative estimate of drug-likeness (QED) is 0.419. The lowest BCUT2D eigenvalue weighted by atomic mass is 10.1. The molecule has 1 atom stereocenters. The van der Waals surface area contributed by atoms with Crippen LogP contribution in [0.4, 0.5) is 11.4 Å². The van der Waals surface area contributed by atoms with Gasteiger partial charge in [0.1, 0.15) is 10.9 Å². The summed E-state index contributed by atoms with van der Waals surface area (Å²) in [5, 5.41) is 13.2. The van der Waals surface area contributed by atoms with Gasteiger partial charge in [0, 0.05) is 6.07 Å². The molecule has 0 aromatic heterocycles. The van der Waals surface area contributed by atoms with Gasteiger partial charge in [0.25, 0.3) is 5.69 Å². The second-order valence-corrected chi connectivity index (χ2v) is 6.77. The van der Waals surface area contributed by atoms with E-state index in [2.05, 4.69) is 5.32 Å². The van der Waals surface area contributed by atoms with Gasteiger partial charge in [0.2, 0.25) is 5.91 Å². The Morgan fingerprint density at radius 2 is 1.93 bits per heavy atom. The minimum atomic E-state index is -0.712. The molecule has 2 aromatic rings. The number of esters is 1. The van der Waals surface area contributed by atoms with Gasteiger partial charge in [0.15, 0.2) is 0 Å². The summed E-state index contributed by atoms with van der Waals surface area (Å²) in [6.45, 7) is 3.71. The molecule has 0 bridgehead atoms. The van der Waals surface area contributed by atoms with E-state index in [-0.39, 0.29) is 23.7 Å². The van der Waals surface area contributed by atoms with Crippen LogP contribution >= 0.6 is 11.8 Å². The van der Waals surface area contributed by atoms with Crippen LogP contribution in [0.3, 0.4) is 0 Å². The Kier molecular flexibility index (Phi) is 7.36. The maximum Gasteiger partial charge on any atom is 0.315 e. The van der Waals surface area contributed by atoms with Crippen LogP contribution in [0.15, 0.2) is 48.5 Å². The average Bonchev–Trinajstić information content (AvgIpc) is 2.64. The Morgan fingerprint density at radius 1 is 1.22 bits per heavy atom. The van der Waals surface area contributed by atoms with Crippen molar-refractivity contribution >= 4 is 35.0 Å². The van der Waals surface area contributed by atoms with Crippen molar-refractivity contribution in [2.75, 3.05) is 17.7 Å². The van der Waals surface area contributed by atoms with Crippen molar-refractivity contribution in [3.8, 4) is 0 Å². The number of aryl methyl sites for hydroxylation is 1. The van der Waals surface area contributed by atoms with E-state index in [9.17, 15) is 19.7 Å². The molecule has 0 saturated heterocycles. The molecular formula is C19H20N2O5S. The molecule has 0 heterocycles. The number of ether oxygens (including phenoxy) is 1. The summed E-state index contributed by atoms with van der Waals surface area (Å²) in [5.41, 5.74) is 1.36. The van der Waals surface area contributed by atoms with Gasteiger partial charge in [0.05, 0.1) is 17.3 Å². The van der Waals surface area contributed by atoms with E-state index in [1.54, 1.807) is 44.2 Å². The number of amides is 1. The molecule has 0 radical (unpaired) electrons. The predicted molar refractivity (Wildman–Crippen MR) is 105 cm³/mol. The SMILES string of the molecule is CCOC(=O)CSC(C(=O)Nc1ccc(C)cc1[N+](=O)[O-])c1ccccc1. The van der Waals surface area contributed by atoms with Crippen molar-refractivity contribution in [3.63, 3.8) is 0 Å². The standard InChI is InChI=1S/C19H20N2O5S/c1-3-26-17(22)12-27-18(14-7-5-4-6-8-14)19(23)20-15-10-9-13(2)11-16(15)21(24)25/h4-11,18H,3,12H2,1-2H3,(H,20,23). The number of nitro benzene ring substituents is 1. The van der Waals surface area contributed by atoms with Gasteiger partial charge < -0.3 is 10.1 Å². The highest BCUT2D eigenvalue weighted by Crippen LogP contribution is 2.32. The first-order valence-electron chi connectivity index (χ1n) is 8.30. The molecule has 7 nitrogen and oxygen atoms in total. The van der Waals surface area contributed by atoms with Crippen molar-refractivity contribution in [1.82, 2.24) is 0 Å². The summed E-state index contributed by atoms with van der Waals surface area (Å²) < 4.78 is 4.91. The van der Waals surface area contributed by atoms with Crippen molar-refractivity contribution < 1.29 is 19.2 Å². The average molecular weight is 388 g/mol. The molecule has 1 amide bonds. The molecule has 0 saturated carbocycles. The minimum absolute atomic E-state index is 0.00316. The lowest BCUT2D eigenvalue weighted by Gasteiger charge is -2.17. The second-order valence-electron chi connectivity index (χ2n) is 5.67. The number of nitrogens with zero attached hydrogens (tertiary/aromatic N) is 1. The zero-order valence-electron chi connectivity index (χ0n) is 15.0. The summed E-state index contributed by atoms with van der Waals surface area (Å²) in [5.74, 6) is -0.864. The molecule has 0 aliphatic heterocycles. The van der Waals surface area contributed by atoms with Crippen molar-refractivity contribution in [2.45, 2.75) is 19.1 Å². The fourth-order valence-corrected chi connectivity index (χ4v) is 3.35. The highest BCUT2D eigenvalue weighted by Gasteiger charge is 2.25. The summed E-state index contributed by atoms with van der Waals surface area (Å²) >= 11 is 1.11. The molecule has 0 aliphatic rings. The number of anilines is 1. The minimum Gasteiger partial charge on any atom is -0.465 e. The van der Waals surface area contributed by atoms with Crippen molar-refractivity contribution in [3.05, 3.63) is 69.8 Å². The van der Waals surface area contributed by atoms with Gasteiger partial charge in [-0.2, -0.15) is 0 Å². The zero-order valence-corrected chi connectivity index (χ0v) is 15.8. The first-order valence-corrected chi connectivity index (χ1v) is 9.35. The Labute approximate surface area is 161 Å². The van der Waals surface area contributed by atoms with Crippen molar-refractivity contribution in [2.24, 2.45) is 0 Å². The first kappa shape index (κ1) is 20.4. The molecule has 8 heteroatoms. The molecule has 142 valence electrons. The smallest absolute Gasteiger partial charge is 0.315 e. The fraction of sp³-hybridized carbons (Fsp3) is 0.263. The topological polar surface area (TPSA) is 98.5 Å². The third kappa shape index (κ3) is 5.82. The molecule has 0 spiro atoms. The summed E-state index contributed by atoms with van der Waals surface area (Å²) in [6, 6.07) is 13.5. The van der Waals surface area contributed by atoms with E-state index in [1.807, 2.05) is 6.07 Å². The van der Waals surface area contributed by atoms with E-state index in [4.69, 9.17) is 4.74 Å².